The summed E-state index contributed by atoms with van der Waals surface area (Å²) >= 11 is 0. The van der Waals surface area contributed by atoms with Crippen LogP contribution in [0.4, 0.5) is 0 Å². The molecule has 3 heteroatoms. The van der Waals surface area contributed by atoms with E-state index in [1.807, 2.05) is 0 Å². The van der Waals surface area contributed by atoms with Crippen LogP contribution in [0.15, 0.2) is 61.2 Å². The van der Waals surface area contributed by atoms with E-state index in [9.17, 15) is 0 Å². The molecule has 0 bridgehead atoms. The topological polar surface area (TPSA) is 27.7 Å². The van der Waals surface area contributed by atoms with Gasteiger partial charge in [-0.1, -0.05) is 55.1 Å². The van der Waals surface area contributed by atoms with Crippen molar-refractivity contribution in [3.63, 3.8) is 0 Å². The van der Waals surface area contributed by atoms with Crippen LogP contribution in [0.5, 0.6) is 5.75 Å². The molecule has 1 aliphatic heterocycles. The summed E-state index contributed by atoms with van der Waals surface area (Å²) in [6.07, 6.45) is 5.00. The molecule has 1 fully saturated rings. The van der Waals surface area contributed by atoms with E-state index >= 15 is 0 Å². The van der Waals surface area contributed by atoms with Gasteiger partial charge in [0.15, 0.2) is 6.29 Å². The molecular weight excluding hydrogens is 348 g/mol. The third kappa shape index (κ3) is 3.01. The van der Waals surface area contributed by atoms with Crippen molar-refractivity contribution in [3.8, 4) is 5.75 Å². The highest BCUT2D eigenvalue weighted by atomic mass is 16.7. The van der Waals surface area contributed by atoms with Crippen LogP contribution in [0.2, 0.25) is 0 Å². The Bertz CT molecular complexity index is 1130. The first-order valence-electron chi connectivity index (χ1n) is 10.0. The fourth-order valence-corrected chi connectivity index (χ4v) is 4.27. The van der Waals surface area contributed by atoms with Crippen LogP contribution in [0.1, 0.15) is 24.8 Å². The number of ether oxygens (including phenoxy) is 3. The maximum atomic E-state index is 6.08. The summed E-state index contributed by atoms with van der Waals surface area (Å²) in [5, 5.41) is 7.35. The minimum atomic E-state index is -0.0776. The summed E-state index contributed by atoms with van der Waals surface area (Å²) in [6, 6.07) is 17.3. The molecule has 1 atom stereocenters. The van der Waals surface area contributed by atoms with Crippen LogP contribution in [-0.4, -0.2) is 19.5 Å². The molecule has 0 aromatic heterocycles. The zero-order valence-electron chi connectivity index (χ0n) is 15.9. The summed E-state index contributed by atoms with van der Waals surface area (Å²) in [6.45, 7) is 5.64. The van der Waals surface area contributed by atoms with Gasteiger partial charge in [0.25, 0.3) is 0 Å². The number of benzene rings is 4. The normalized spacial score (nSPS) is 17.5. The highest BCUT2D eigenvalue weighted by Gasteiger charge is 2.17. The van der Waals surface area contributed by atoms with E-state index in [4.69, 9.17) is 14.2 Å². The van der Waals surface area contributed by atoms with Gasteiger partial charge in [-0.2, -0.15) is 0 Å². The van der Waals surface area contributed by atoms with Crippen molar-refractivity contribution in [2.75, 3.05) is 13.2 Å². The van der Waals surface area contributed by atoms with E-state index in [1.165, 1.54) is 38.9 Å². The van der Waals surface area contributed by atoms with Gasteiger partial charge in [0.1, 0.15) is 12.4 Å². The van der Waals surface area contributed by atoms with E-state index in [-0.39, 0.29) is 6.29 Å². The molecule has 0 N–H and O–H groups in total. The van der Waals surface area contributed by atoms with Crippen molar-refractivity contribution in [2.24, 2.45) is 0 Å². The lowest BCUT2D eigenvalue weighted by Gasteiger charge is -2.23. The average Bonchev–Trinajstić information content (AvgIpc) is 2.76. The molecule has 142 valence electrons. The second-order valence-electron chi connectivity index (χ2n) is 7.42. The van der Waals surface area contributed by atoms with Gasteiger partial charge in [-0.05, 0) is 52.4 Å². The van der Waals surface area contributed by atoms with E-state index in [2.05, 4.69) is 55.1 Å². The van der Waals surface area contributed by atoms with Crippen molar-refractivity contribution < 1.29 is 14.2 Å². The quantitative estimate of drug-likeness (QED) is 0.298. The van der Waals surface area contributed by atoms with E-state index in [0.717, 1.165) is 30.6 Å². The highest BCUT2D eigenvalue weighted by Crippen LogP contribution is 2.40. The molecule has 0 aliphatic carbocycles. The first-order valence-corrected chi connectivity index (χ1v) is 10.0. The van der Waals surface area contributed by atoms with E-state index in [0.29, 0.717) is 13.2 Å². The molecule has 1 aliphatic rings. The van der Waals surface area contributed by atoms with Crippen molar-refractivity contribution in [1.29, 1.82) is 0 Å². The molecule has 1 heterocycles. The smallest absolute Gasteiger partial charge is 0.158 e. The van der Waals surface area contributed by atoms with Gasteiger partial charge in [-0.25, -0.2) is 0 Å². The summed E-state index contributed by atoms with van der Waals surface area (Å²) in [7, 11) is 0. The monoisotopic (exact) mass is 372 g/mol. The van der Waals surface area contributed by atoms with Gasteiger partial charge >= 0.3 is 0 Å². The van der Waals surface area contributed by atoms with Crippen LogP contribution in [0.3, 0.4) is 0 Å². The first kappa shape index (κ1) is 17.5. The maximum absolute atomic E-state index is 6.08. The van der Waals surface area contributed by atoms with Crippen LogP contribution in [0.25, 0.3) is 32.3 Å². The summed E-state index contributed by atoms with van der Waals surface area (Å²) in [5.74, 6) is 0.908. The lowest BCUT2D eigenvalue weighted by Crippen LogP contribution is -2.22. The van der Waals surface area contributed by atoms with Crippen LogP contribution < -0.4 is 4.74 Å². The Morgan fingerprint density at radius 2 is 1.89 bits per heavy atom. The number of rotatable bonds is 6. The van der Waals surface area contributed by atoms with E-state index < -0.39 is 0 Å². The Balaban J connectivity index is 1.62. The molecule has 0 saturated carbocycles. The van der Waals surface area contributed by atoms with Crippen molar-refractivity contribution in [3.05, 3.63) is 66.7 Å². The van der Waals surface area contributed by atoms with E-state index in [1.54, 1.807) is 6.08 Å². The summed E-state index contributed by atoms with van der Waals surface area (Å²) in [5.41, 5.74) is 1.20. The predicted molar refractivity (Wildman–Crippen MR) is 114 cm³/mol. The van der Waals surface area contributed by atoms with Crippen LogP contribution >= 0.6 is 0 Å². The minimum absolute atomic E-state index is 0.0776. The zero-order valence-corrected chi connectivity index (χ0v) is 15.9. The summed E-state index contributed by atoms with van der Waals surface area (Å²) in [4.78, 5) is 0. The Morgan fingerprint density at radius 3 is 2.75 bits per heavy atom. The van der Waals surface area contributed by atoms with Gasteiger partial charge < -0.3 is 14.2 Å². The third-order valence-electron chi connectivity index (χ3n) is 5.62. The molecule has 0 radical (unpaired) electrons. The van der Waals surface area contributed by atoms with Gasteiger partial charge in [-0.15, -0.1) is 0 Å². The second-order valence-corrected chi connectivity index (χ2v) is 7.42. The predicted octanol–water partition coefficient (Wildman–Crippen LogP) is 6.19. The number of hydrogen-bond acceptors (Lipinski definition) is 3. The second kappa shape index (κ2) is 7.42. The highest BCUT2D eigenvalue weighted by molar-refractivity contribution is 6.25. The Kier molecular flexibility index (Phi) is 4.63. The fraction of sp³-hybridized carbons (Fsp3) is 0.280. The number of hydrogen-bond donors (Lipinski definition) is 0. The fourth-order valence-electron chi connectivity index (χ4n) is 4.27. The molecule has 5 rings (SSSR count). The lowest BCUT2D eigenvalue weighted by atomic mass is 9.91. The molecule has 1 saturated heterocycles. The largest absolute Gasteiger partial charge is 0.489 e. The standard InChI is InChI=1S/C25H24O3/c1-2-13-26-22-15-18-9-10-19(16-28-23-8-3-4-14-27-23)20-12-11-17-6-5-7-21(22)24(17)25(18)20/h2,5-7,9-12,15,23H,1,3-4,8,13-14,16H2. The Labute approximate surface area is 164 Å². The first-order chi connectivity index (χ1) is 13.8. The molecule has 1 unspecified atom stereocenters. The molecule has 4 aromatic carbocycles. The van der Waals surface area contributed by atoms with Crippen LogP contribution in [0, 0.1) is 0 Å². The minimum Gasteiger partial charge on any atom is -0.489 e. The molecule has 0 amide bonds. The maximum Gasteiger partial charge on any atom is 0.158 e. The van der Waals surface area contributed by atoms with Gasteiger partial charge in [-0.3, -0.25) is 0 Å². The molecule has 4 aromatic rings. The van der Waals surface area contributed by atoms with Gasteiger partial charge in [0.05, 0.1) is 6.61 Å². The third-order valence-corrected chi connectivity index (χ3v) is 5.62. The van der Waals surface area contributed by atoms with Crippen molar-refractivity contribution in [1.82, 2.24) is 0 Å². The average molecular weight is 372 g/mol. The molecule has 0 spiro atoms. The molecule has 28 heavy (non-hydrogen) atoms. The van der Waals surface area contributed by atoms with Gasteiger partial charge in [0.2, 0.25) is 0 Å². The molecular formula is C25H24O3. The van der Waals surface area contributed by atoms with Gasteiger partial charge in [0, 0.05) is 17.4 Å². The Morgan fingerprint density at radius 1 is 1.00 bits per heavy atom. The molecule has 3 nitrogen and oxygen atoms in total. The van der Waals surface area contributed by atoms with Crippen molar-refractivity contribution >= 4 is 32.3 Å². The lowest BCUT2D eigenvalue weighted by molar-refractivity contribution is -0.168. The summed E-state index contributed by atoms with van der Waals surface area (Å²) < 4.78 is 17.8. The van der Waals surface area contributed by atoms with Crippen molar-refractivity contribution in [2.45, 2.75) is 32.2 Å². The van der Waals surface area contributed by atoms with Crippen LogP contribution in [-0.2, 0) is 16.1 Å². The zero-order chi connectivity index (χ0) is 18.9. The SMILES string of the molecule is C=CCOc1cc2ccc(COC3CCCCO3)c3ccc4cccc1c4c23. The Hall–Kier alpha value is -2.62.